The maximum atomic E-state index is 11.8. The molecule has 1 saturated heterocycles. The molecule has 0 saturated carbocycles. The van der Waals surface area contributed by atoms with Crippen molar-refractivity contribution in [1.82, 2.24) is 15.6 Å². The Bertz CT molecular complexity index is 356. The molecule has 5 heteroatoms. The van der Waals surface area contributed by atoms with Gasteiger partial charge in [-0.25, -0.2) is 0 Å². The molecule has 2 rings (SSSR count). The summed E-state index contributed by atoms with van der Waals surface area (Å²) >= 11 is 0. The summed E-state index contributed by atoms with van der Waals surface area (Å²) in [5.41, 5.74) is 0.622. The van der Waals surface area contributed by atoms with Crippen molar-refractivity contribution in [2.45, 2.75) is 12.1 Å². The number of hydrogen-bond donors (Lipinski definition) is 2. The average molecular weight is 221 g/mol. The highest BCUT2D eigenvalue weighted by Gasteiger charge is 2.28. The van der Waals surface area contributed by atoms with E-state index in [1.54, 1.807) is 31.6 Å². The summed E-state index contributed by atoms with van der Waals surface area (Å²) in [6.45, 7) is 1.52. The summed E-state index contributed by atoms with van der Waals surface area (Å²) in [6.07, 6.45) is 3.26. The fourth-order valence-electron chi connectivity index (χ4n) is 1.80. The van der Waals surface area contributed by atoms with Gasteiger partial charge < -0.3 is 15.4 Å². The number of nitrogens with zero attached hydrogens (tertiary/aromatic N) is 1. The first kappa shape index (κ1) is 11.0. The van der Waals surface area contributed by atoms with Crippen molar-refractivity contribution in [3.63, 3.8) is 0 Å². The molecular weight excluding hydrogens is 206 g/mol. The van der Waals surface area contributed by atoms with Crippen LogP contribution in [-0.4, -0.2) is 43.2 Å². The summed E-state index contributed by atoms with van der Waals surface area (Å²) in [5, 5.41) is 6.12. The van der Waals surface area contributed by atoms with Crippen molar-refractivity contribution in [1.29, 1.82) is 0 Å². The van der Waals surface area contributed by atoms with E-state index < -0.39 is 0 Å². The van der Waals surface area contributed by atoms with Crippen molar-refractivity contribution in [3.05, 3.63) is 30.1 Å². The van der Waals surface area contributed by atoms with Gasteiger partial charge in [0.05, 0.1) is 12.1 Å². The molecule has 0 bridgehead atoms. The van der Waals surface area contributed by atoms with Gasteiger partial charge in [0.25, 0.3) is 5.91 Å². The molecular formula is C11H15N3O2. The average Bonchev–Trinajstić information content (AvgIpc) is 2.77. The molecule has 1 fully saturated rings. The number of hydrogen-bond acceptors (Lipinski definition) is 4. The molecule has 0 radical (unpaired) electrons. The third kappa shape index (κ3) is 2.37. The first-order chi connectivity index (χ1) is 7.81. The van der Waals surface area contributed by atoms with Crippen LogP contribution in [0.5, 0.6) is 0 Å². The lowest BCUT2D eigenvalue weighted by Gasteiger charge is -2.18. The number of pyridine rings is 1. The molecule has 2 atom stereocenters. The number of nitrogens with one attached hydrogen (secondary N) is 2. The van der Waals surface area contributed by atoms with Crippen molar-refractivity contribution in [2.24, 2.45) is 0 Å². The summed E-state index contributed by atoms with van der Waals surface area (Å²) in [7, 11) is 1.66. The van der Waals surface area contributed by atoms with E-state index >= 15 is 0 Å². The predicted molar refractivity (Wildman–Crippen MR) is 59.2 cm³/mol. The fraction of sp³-hybridized carbons (Fsp3) is 0.455. The van der Waals surface area contributed by atoms with Gasteiger partial charge in [-0.05, 0) is 12.1 Å². The van der Waals surface area contributed by atoms with E-state index in [-0.39, 0.29) is 18.1 Å². The number of carbonyl (C=O) groups is 1. The zero-order valence-corrected chi connectivity index (χ0v) is 9.14. The minimum absolute atomic E-state index is 0.0330. The molecule has 2 N–H and O–H groups in total. The monoisotopic (exact) mass is 221 g/mol. The molecule has 1 aromatic heterocycles. The van der Waals surface area contributed by atoms with Crippen LogP contribution in [0.3, 0.4) is 0 Å². The molecule has 0 aliphatic carbocycles. The lowest BCUT2D eigenvalue weighted by Crippen LogP contribution is -2.43. The number of rotatable bonds is 3. The normalized spacial score (nSPS) is 24.3. The van der Waals surface area contributed by atoms with E-state index in [0.717, 1.165) is 13.1 Å². The lowest BCUT2D eigenvalue weighted by molar-refractivity contribution is 0.0780. The zero-order chi connectivity index (χ0) is 11.4. The smallest absolute Gasteiger partial charge is 0.251 e. The molecule has 1 amide bonds. The van der Waals surface area contributed by atoms with Gasteiger partial charge in [-0.15, -0.1) is 0 Å². The molecule has 16 heavy (non-hydrogen) atoms. The number of amides is 1. The van der Waals surface area contributed by atoms with E-state index in [4.69, 9.17) is 4.74 Å². The van der Waals surface area contributed by atoms with Crippen molar-refractivity contribution >= 4 is 5.91 Å². The molecule has 2 heterocycles. The van der Waals surface area contributed by atoms with Crippen LogP contribution >= 0.6 is 0 Å². The summed E-state index contributed by atoms with van der Waals surface area (Å²) in [4.78, 5) is 15.7. The van der Waals surface area contributed by atoms with Crippen molar-refractivity contribution in [2.75, 3.05) is 20.2 Å². The second kappa shape index (κ2) is 5.05. The van der Waals surface area contributed by atoms with E-state index in [1.807, 2.05) is 0 Å². The standard InChI is InChI=1S/C11H15N3O2/c1-16-10-7-13-6-9(10)14-11(15)8-2-4-12-5-3-8/h2-5,9-10,13H,6-7H2,1H3,(H,14,15)/t9?,10-/m0/s1. The number of carbonyl (C=O) groups excluding carboxylic acids is 1. The molecule has 1 unspecified atom stereocenters. The summed E-state index contributed by atoms with van der Waals surface area (Å²) in [6, 6.07) is 3.42. The Balaban J connectivity index is 1.97. The Morgan fingerprint density at radius 1 is 1.50 bits per heavy atom. The topological polar surface area (TPSA) is 63.2 Å². The Labute approximate surface area is 94.2 Å². The number of ether oxygens (including phenoxy) is 1. The van der Waals surface area contributed by atoms with Gasteiger partial charge in [-0.1, -0.05) is 0 Å². The van der Waals surface area contributed by atoms with E-state index in [9.17, 15) is 4.79 Å². The highest BCUT2D eigenvalue weighted by molar-refractivity contribution is 5.94. The largest absolute Gasteiger partial charge is 0.378 e. The van der Waals surface area contributed by atoms with Crippen LogP contribution in [0.4, 0.5) is 0 Å². The molecule has 5 nitrogen and oxygen atoms in total. The summed E-state index contributed by atoms with van der Waals surface area (Å²) < 4.78 is 5.27. The number of methoxy groups -OCH3 is 1. The van der Waals surface area contributed by atoms with Gasteiger partial charge in [0.2, 0.25) is 0 Å². The molecule has 86 valence electrons. The third-order valence-electron chi connectivity index (χ3n) is 2.72. The van der Waals surface area contributed by atoms with Gasteiger partial charge in [0, 0.05) is 38.2 Å². The second-order valence-corrected chi connectivity index (χ2v) is 3.75. The van der Waals surface area contributed by atoms with Gasteiger partial charge in [-0.2, -0.15) is 0 Å². The lowest BCUT2D eigenvalue weighted by atomic mass is 10.2. The van der Waals surface area contributed by atoms with Crippen LogP contribution < -0.4 is 10.6 Å². The third-order valence-corrected chi connectivity index (χ3v) is 2.72. The highest BCUT2D eigenvalue weighted by atomic mass is 16.5. The Hall–Kier alpha value is -1.46. The first-order valence-electron chi connectivity index (χ1n) is 5.25. The SMILES string of the molecule is CO[C@H]1CNCC1NC(=O)c1ccncc1. The van der Waals surface area contributed by atoms with Crippen LogP contribution in [-0.2, 0) is 4.74 Å². The second-order valence-electron chi connectivity index (χ2n) is 3.75. The maximum Gasteiger partial charge on any atom is 0.251 e. The Morgan fingerprint density at radius 2 is 2.25 bits per heavy atom. The fourth-order valence-corrected chi connectivity index (χ4v) is 1.80. The van der Waals surface area contributed by atoms with Crippen LogP contribution in [0.1, 0.15) is 10.4 Å². The molecule has 0 aromatic carbocycles. The quantitative estimate of drug-likeness (QED) is 0.742. The Morgan fingerprint density at radius 3 is 2.94 bits per heavy atom. The summed E-state index contributed by atoms with van der Waals surface area (Å²) in [5.74, 6) is -0.0850. The van der Waals surface area contributed by atoms with Crippen LogP contribution in [0.25, 0.3) is 0 Å². The number of aromatic nitrogens is 1. The first-order valence-corrected chi connectivity index (χ1v) is 5.25. The van der Waals surface area contributed by atoms with Gasteiger partial charge in [-0.3, -0.25) is 9.78 Å². The van der Waals surface area contributed by atoms with E-state index in [0.29, 0.717) is 5.56 Å². The molecule has 1 aliphatic rings. The van der Waals surface area contributed by atoms with Crippen LogP contribution in [0.15, 0.2) is 24.5 Å². The minimum atomic E-state index is -0.0850. The van der Waals surface area contributed by atoms with Crippen LogP contribution in [0.2, 0.25) is 0 Å². The maximum absolute atomic E-state index is 11.8. The highest BCUT2D eigenvalue weighted by Crippen LogP contribution is 2.05. The zero-order valence-electron chi connectivity index (χ0n) is 9.14. The van der Waals surface area contributed by atoms with Crippen molar-refractivity contribution in [3.8, 4) is 0 Å². The molecule has 1 aliphatic heterocycles. The van der Waals surface area contributed by atoms with Gasteiger partial charge in [0.15, 0.2) is 0 Å². The minimum Gasteiger partial charge on any atom is -0.378 e. The van der Waals surface area contributed by atoms with E-state index in [1.165, 1.54) is 0 Å². The van der Waals surface area contributed by atoms with Gasteiger partial charge in [0.1, 0.15) is 0 Å². The van der Waals surface area contributed by atoms with E-state index in [2.05, 4.69) is 15.6 Å². The Kier molecular flexibility index (Phi) is 3.48. The molecule has 0 spiro atoms. The molecule has 1 aromatic rings. The van der Waals surface area contributed by atoms with Crippen molar-refractivity contribution < 1.29 is 9.53 Å². The predicted octanol–water partition coefficient (Wildman–Crippen LogP) is -0.202. The van der Waals surface area contributed by atoms with Crippen LogP contribution in [0, 0.1) is 0 Å². The van der Waals surface area contributed by atoms with Gasteiger partial charge >= 0.3 is 0 Å².